The second-order valence-electron chi connectivity index (χ2n) is 7.82. The molecule has 4 rings (SSSR count). The molecule has 2 N–H and O–H groups in total. The average Bonchev–Trinajstić information content (AvgIpc) is 3.32. The molecule has 31 heavy (non-hydrogen) atoms. The second-order valence-corrected chi connectivity index (χ2v) is 7.82. The summed E-state index contributed by atoms with van der Waals surface area (Å²) in [4.78, 5) is 8.90. The number of hydrogen-bond donors (Lipinski definition) is 2. The number of guanidine groups is 1. The zero-order valence-electron chi connectivity index (χ0n) is 18.2. The number of rotatable bonds is 7. The lowest BCUT2D eigenvalue weighted by Gasteiger charge is -2.17. The Labute approximate surface area is 183 Å². The molecule has 3 aromatic rings. The highest BCUT2D eigenvalue weighted by molar-refractivity contribution is 5.85. The molecule has 1 aliphatic rings. The van der Waals surface area contributed by atoms with E-state index < -0.39 is 0 Å². The number of ether oxygens (including phenoxy) is 2. The van der Waals surface area contributed by atoms with E-state index >= 15 is 0 Å². The molecule has 6 nitrogen and oxygen atoms in total. The summed E-state index contributed by atoms with van der Waals surface area (Å²) in [6.45, 7) is 4.72. The van der Waals surface area contributed by atoms with Crippen LogP contribution >= 0.6 is 0 Å². The van der Waals surface area contributed by atoms with Gasteiger partial charge in [-0.05, 0) is 42.8 Å². The van der Waals surface area contributed by atoms with Gasteiger partial charge in [0.25, 0.3) is 0 Å². The van der Waals surface area contributed by atoms with Crippen molar-refractivity contribution in [3.05, 3.63) is 71.5 Å². The minimum absolute atomic E-state index is 0.198. The maximum Gasteiger partial charge on any atom is 0.191 e. The van der Waals surface area contributed by atoms with Gasteiger partial charge in [-0.3, -0.25) is 9.98 Å². The van der Waals surface area contributed by atoms with Gasteiger partial charge in [0.2, 0.25) is 0 Å². The minimum Gasteiger partial charge on any atom is -0.491 e. The number of hydrogen-bond acceptors (Lipinski definition) is 4. The van der Waals surface area contributed by atoms with Crippen LogP contribution in [0.1, 0.15) is 29.7 Å². The van der Waals surface area contributed by atoms with Gasteiger partial charge in [0, 0.05) is 37.3 Å². The first kappa shape index (κ1) is 21.1. The summed E-state index contributed by atoms with van der Waals surface area (Å²) in [5.74, 6) is 1.62. The van der Waals surface area contributed by atoms with E-state index in [1.165, 1.54) is 10.9 Å². The lowest BCUT2D eigenvalue weighted by molar-refractivity contribution is 0.0676. The van der Waals surface area contributed by atoms with Gasteiger partial charge in [0.05, 0.1) is 18.3 Å². The Hall–Kier alpha value is -3.12. The predicted molar refractivity (Wildman–Crippen MR) is 124 cm³/mol. The highest BCUT2D eigenvalue weighted by atomic mass is 16.5. The van der Waals surface area contributed by atoms with E-state index in [0.717, 1.165) is 47.8 Å². The molecule has 1 unspecified atom stereocenters. The number of pyridine rings is 1. The average molecular weight is 419 g/mol. The van der Waals surface area contributed by atoms with E-state index in [9.17, 15) is 0 Å². The van der Waals surface area contributed by atoms with Crippen molar-refractivity contribution in [3.63, 3.8) is 0 Å². The van der Waals surface area contributed by atoms with Crippen LogP contribution in [-0.4, -0.2) is 37.3 Å². The van der Waals surface area contributed by atoms with Gasteiger partial charge < -0.3 is 20.1 Å². The number of fused-ring (bicyclic) bond motifs is 1. The lowest BCUT2D eigenvalue weighted by atomic mass is 10.1. The van der Waals surface area contributed by atoms with Crippen LogP contribution in [0.15, 0.2) is 59.7 Å². The monoisotopic (exact) mass is 418 g/mol. The van der Waals surface area contributed by atoms with E-state index in [1.807, 2.05) is 24.4 Å². The number of aromatic nitrogens is 1. The Bertz CT molecular complexity index is 1040. The van der Waals surface area contributed by atoms with E-state index in [2.05, 4.69) is 57.9 Å². The fourth-order valence-electron chi connectivity index (χ4n) is 3.79. The standard InChI is InChI=1S/C25H30N4O2/c1-18-9-10-20(24(14-18)31-17-21-7-5-13-30-21)15-28-25(26-2)29-16-23-22-8-4-3-6-19(22)11-12-27-23/h3-4,6,8-12,14,21H,5,7,13,15-17H2,1-2H3,(H2,26,28,29). The molecule has 162 valence electrons. The first-order valence-corrected chi connectivity index (χ1v) is 10.8. The number of nitrogens with one attached hydrogen (secondary N) is 2. The molecule has 1 fully saturated rings. The van der Waals surface area contributed by atoms with Crippen LogP contribution in [0.4, 0.5) is 0 Å². The first-order chi connectivity index (χ1) is 15.2. The Balaban J connectivity index is 1.37. The molecule has 2 heterocycles. The molecule has 0 amide bonds. The fourth-order valence-corrected chi connectivity index (χ4v) is 3.79. The highest BCUT2D eigenvalue weighted by Crippen LogP contribution is 2.22. The van der Waals surface area contributed by atoms with Crippen molar-refractivity contribution in [2.45, 2.75) is 39.0 Å². The molecule has 0 bridgehead atoms. The Morgan fingerprint density at radius 3 is 2.87 bits per heavy atom. The minimum atomic E-state index is 0.198. The number of aryl methyl sites for hydroxylation is 1. The zero-order chi connectivity index (χ0) is 21.5. The molecule has 0 radical (unpaired) electrons. The normalized spacial score (nSPS) is 16.5. The number of nitrogens with zero attached hydrogens (tertiary/aromatic N) is 2. The van der Waals surface area contributed by atoms with Crippen molar-refractivity contribution < 1.29 is 9.47 Å². The highest BCUT2D eigenvalue weighted by Gasteiger charge is 2.17. The summed E-state index contributed by atoms with van der Waals surface area (Å²) in [7, 11) is 1.77. The van der Waals surface area contributed by atoms with Crippen LogP contribution in [-0.2, 0) is 17.8 Å². The van der Waals surface area contributed by atoms with Crippen molar-refractivity contribution in [2.75, 3.05) is 20.3 Å². The maximum atomic E-state index is 6.11. The SMILES string of the molecule is CN=C(NCc1ccc(C)cc1OCC1CCCO1)NCc1nccc2ccccc12. The van der Waals surface area contributed by atoms with Gasteiger partial charge in [-0.2, -0.15) is 0 Å². The molecule has 1 atom stereocenters. The third kappa shape index (κ3) is 5.52. The fraction of sp³-hybridized carbons (Fsp3) is 0.360. The predicted octanol–water partition coefficient (Wildman–Crippen LogP) is 3.97. The maximum absolute atomic E-state index is 6.11. The Kier molecular flexibility index (Phi) is 6.99. The molecule has 1 aromatic heterocycles. The molecule has 0 saturated carbocycles. The molecule has 2 aromatic carbocycles. The van der Waals surface area contributed by atoms with E-state index in [4.69, 9.17) is 9.47 Å². The molecule has 0 aliphatic carbocycles. The van der Waals surface area contributed by atoms with Crippen molar-refractivity contribution in [1.82, 2.24) is 15.6 Å². The molecular weight excluding hydrogens is 388 g/mol. The topological polar surface area (TPSA) is 67.8 Å². The Morgan fingerprint density at radius 2 is 2.03 bits per heavy atom. The second kappa shape index (κ2) is 10.3. The van der Waals surface area contributed by atoms with Gasteiger partial charge in [-0.1, -0.05) is 36.4 Å². The van der Waals surface area contributed by atoms with Gasteiger partial charge in [0.15, 0.2) is 5.96 Å². The molecule has 0 spiro atoms. The van der Waals surface area contributed by atoms with Crippen LogP contribution < -0.4 is 15.4 Å². The Morgan fingerprint density at radius 1 is 1.16 bits per heavy atom. The molecule has 1 aliphatic heterocycles. The quantitative estimate of drug-likeness (QED) is 0.449. The zero-order valence-corrected chi connectivity index (χ0v) is 18.2. The summed E-state index contributed by atoms with van der Waals surface area (Å²) >= 11 is 0. The van der Waals surface area contributed by atoms with Crippen molar-refractivity contribution in [3.8, 4) is 5.75 Å². The third-order valence-electron chi connectivity index (χ3n) is 5.52. The first-order valence-electron chi connectivity index (χ1n) is 10.8. The van der Waals surface area contributed by atoms with Crippen LogP contribution in [0.5, 0.6) is 5.75 Å². The summed E-state index contributed by atoms with van der Waals surface area (Å²) in [5.41, 5.74) is 3.27. The van der Waals surface area contributed by atoms with Crippen molar-refractivity contribution >= 4 is 16.7 Å². The van der Waals surface area contributed by atoms with Crippen molar-refractivity contribution in [2.24, 2.45) is 4.99 Å². The van der Waals surface area contributed by atoms with Crippen LogP contribution in [0, 0.1) is 6.92 Å². The van der Waals surface area contributed by atoms with Crippen LogP contribution in [0.25, 0.3) is 10.8 Å². The van der Waals surface area contributed by atoms with E-state index in [-0.39, 0.29) is 6.10 Å². The molecule has 1 saturated heterocycles. The summed E-state index contributed by atoms with van der Waals surface area (Å²) in [6, 6.07) is 16.6. The van der Waals surface area contributed by atoms with Gasteiger partial charge in [-0.15, -0.1) is 0 Å². The van der Waals surface area contributed by atoms with Gasteiger partial charge in [-0.25, -0.2) is 0 Å². The van der Waals surface area contributed by atoms with Gasteiger partial charge >= 0.3 is 0 Å². The van der Waals surface area contributed by atoms with Crippen LogP contribution in [0.3, 0.4) is 0 Å². The smallest absolute Gasteiger partial charge is 0.191 e. The number of aliphatic imine (C=N–C) groups is 1. The largest absolute Gasteiger partial charge is 0.491 e. The van der Waals surface area contributed by atoms with E-state index in [1.54, 1.807) is 7.05 Å². The van der Waals surface area contributed by atoms with E-state index in [0.29, 0.717) is 19.7 Å². The summed E-state index contributed by atoms with van der Waals surface area (Å²) in [5, 5.41) is 9.10. The molecular formula is C25H30N4O2. The molecule has 6 heteroatoms. The lowest BCUT2D eigenvalue weighted by Crippen LogP contribution is -2.36. The summed E-state index contributed by atoms with van der Waals surface area (Å²) in [6.07, 6.45) is 4.23. The number of benzene rings is 2. The third-order valence-corrected chi connectivity index (χ3v) is 5.52. The van der Waals surface area contributed by atoms with Crippen molar-refractivity contribution in [1.29, 1.82) is 0 Å². The van der Waals surface area contributed by atoms with Gasteiger partial charge in [0.1, 0.15) is 12.4 Å². The van der Waals surface area contributed by atoms with Crippen LogP contribution in [0.2, 0.25) is 0 Å². The summed E-state index contributed by atoms with van der Waals surface area (Å²) < 4.78 is 11.8.